The number of nitrogens with zero attached hydrogens (tertiary/aromatic N) is 2. The number of rotatable bonds is 12. The highest BCUT2D eigenvalue weighted by molar-refractivity contribution is 7.92. The Balaban J connectivity index is 2.12. The van der Waals surface area contributed by atoms with Gasteiger partial charge in [-0.1, -0.05) is 30.3 Å². The van der Waals surface area contributed by atoms with Crippen LogP contribution in [0.3, 0.4) is 0 Å². The van der Waals surface area contributed by atoms with Gasteiger partial charge in [0.25, 0.3) is 10.0 Å². The molecule has 3 aromatic rings. The van der Waals surface area contributed by atoms with Crippen LogP contribution in [0.2, 0.25) is 0 Å². The molecular weight excluding hydrogens is 554 g/mol. The van der Waals surface area contributed by atoms with Crippen molar-refractivity contribution in [2.45, 2.75) is 65.1 Å². The van der Waals surface area contributed by atoms with Crippen molar-refractivity contribution < 1.29 is 27.5 Å². The summed E-state index contributed by atoms with van der Waals surface area (Å²) >= 11 is 0. The molecule has 0 heterocycles. The Labute approximate surface area is 249 Å². The summed E-state index contributed by atoms with van der Waals surface area (Å²) in [6.45, 7) is 10.6. The monoisotopic (exact) mass is 595 g/mol. The zero-order chi connectivity index (χ0) is 31.2. The SMILES string of the molecule is COc1ccc(S(=O)(=O)N(CC(=O)N(Cc2ccccc2C)[C@H](C)C(=O)NC(C)C)c2cc(C)cc(C)c2)cc1OC. The van der Waals surface area contributed by atoms with Crippen LogP contribution in [0.4, 0.5) is 5.69 Å². The number of sulfonamides is 1. The second-order valence-electron chi connectivity index (χ2n) is 10.7. The van der Waals surface area contributed by atoms with Crippen molar-refractivity contribution in [2.75, 3.05) is 25.1 Å². The molecule has 0 aliphatic rings. The van der Waals surface area contributed by atoms with Gasteiger partial charge >= 0.3 is 0 Å². The molecule has 0 aromatic heterocycles. The molecule has 0 bridgehead atoms. The molecule has 9 nitrogen and oxygen atoms in total. The Morgan fingerprint density at radius 1 is 0.857 bits per heavy atom. The van der Waals surface area contributed by atoms with Crippen LogP contribution in [0.15, 0.2) is 65.6 Å². The number of nitrogens with one attached hydrogen (secondary N) is 1. The van der Waals surface area contributed by atoms with Gasteiger partial charge in [0.05, 0.1) is 24.8 Å². The van der Waals surface area contributed by atoms with Crippen molar-refractivity contribution in [3.05, 3.63) is 82.9 Å². The van der Waals surface area contributed by atoms with Crippen LogP contribution >= 0.6 is 0 Å². The van der Waals surface area contributed by atoms with E-state index in [1.54, 1.807) is 19.1 Å². The van der Waals surface area contributed by atoms with Crippen molar-refractivity contribution in [3.63, 3.8) is 0 Å². The number of carbonyl (C=O) groups is 2. The third kappa shape index (κ3) is 7.61. The molecule has 0 aliphatic carbocycles. The number of hydrogen-bond donors (Lipinski definition) is 1. The van der Waals surface area contributed by atoms with Crippen LogP contribution in [-0.4, -0.2) is 58.0 Å². The molecule has 0 unspecified atom stereocenters. The molecule has 0 saturated heterocycles. The summed E-state index contributed by atoms with van der Waals surface area (Å²) < 4.78 is 40.2. The summed E-state index contributed by atoms with van der Waals surface area (Å²) in [6.07, 6.45) is 0. The molecule has 3 rings (SSSR count). The Morgan fingerprint density at radius 2 is 1.48 bits per heavy atom. The normalized spacial score (nSPS) is 12.0. The Hall–Kier alpha value is -4.05. The lowest BCUT2D eigenvalue weighted by molar-refractivity contribution is -0.139. The predicted octanol–water partition coefficient (Wildman–Crippen LogP) is 4.77. The molecule has 0 saturated carbocycles. The van der Waals surface area contributed by atoms with E-state index in [1.807, 2.05) is 65.0 Å². The molecule has 42 heavy (non-hydrogen) atoms. The number of hydrogen-bond acceptors (Lipinski definition) is 6. The van der Waals surface area contributed by atoms with Crippen LogP contribution < -0.4 is 19.1 Å². The van der Waals surface area contributed by atoms with Crippen LogP contribution in [0.1, 0.15) is 43.0 Å². The summed E-state index contributed by atoms with van der Waals surface area (Å²) in [4.78, 5) is 28.6. The summed E-state index contributed by atoms with van der Waals surface area (Å²) in [5.74, 6) is -0.231. The average Bonchev–Trinajstić information content (AvgIpc) is 2.93. The Bertz CT molecular complexity index is 1520. The lowest BCUT2D eigenvalue weighted by Gasteiger charge is -2.33. The maximum Gasteiger partial charge on any atom is 0.264 e. The first kappa shape index (κ1) is 32.5. The van der Waals surface area contributed by atoms with Crippen molar-refractivity contribution in [1.29, 1.82) is 0 Å². The summed E-state index contributed by atoms with van der Waals surface area (Å²) in [7, 11) is -1.38. The number of ether oxygens (including phenoxy) is 2. The smallest absolute Gasteiger partial charge is 0.264 e. The average molecular weight is 596 g/mol. The van der Waals surface area contributed by atoms with Crippen molar-refractivity contribution >= 4 is 27.5 Å². The molecule has 1 N–H and O–H groups in total. The largest absolute Gasteiger partial charge is 0.493 e. The molecule has 226 valence electrons. The standard InChI is InChI=1S/C32H41N3O6S/c1-21(2)33-32(37)25(6)34(19-26-12-10-9-11-24(26)5)31(36)20-35(27-16-22(3)15-23(4)17-27)42(38,39)28-13-14-29(40-7)30(18-28)41-8/h9-18,21,25H,19-20H2,1-8H3,(H,33,37)/t25-/m1/s1. The van der Waals surface area contributed by atoms with Crippen molar-refractivity contribution in [2.24, 2.45) is 0 Å². The van der Waals surface area contributed by atoms with Gasteiger partial charge in [-0.15, -0.1) is 0 Å². The fraction of sp³-hybridized carbons (Fsp3) is 0.375. The van der Waals surface area contributed by atoms with E-state index in [-0.39, 0.29) is 29.1 Å². The third-order valence-electron chi connectivity index (χ3n) is 6.92. The summed E-state index contributed by atoms with van der Waals surface area (Å²) in [5, 5.41) is 2.87. The summed E-state index contributed by atoms with van der Waals surface area (Å²) in [6, 6.07) is 16.3. The first-order valence-electron chi connectivity index (χ1n) is 13.8. The zero-order valence-electron chi connectivity index (χ0n) is 25.6. The van der Waals surface area contributed by atoms with Gasteiger partial charge in [-0.2, -0.15) is 0 Å². The van der Waals surface area contributed by atoms with Crippen LogP contribution in [0.5, 0.6) is 11.5 Å². The van der Waals surface area contributed by atoms with Gasteiger partial charge < -0.3 is 19.7 Å². The Kier molecular flexibility index (Phi) is 10.6. The van der Waals surface area contributed by atoms with Gasteiger partial charge in [-0.05, 0) is 88.1 Å². The fourth-order valence-electron chi connectivity index (χ4n) is 4.69. The third-order valence-corrected chi connectivity index (χ3v) is 8.69. The van der Waals surface area contributed by atoms with Gasteiger partial charge in [-0.25, -0.2) is 8.42 Å². The molecule has 1 atom stereocenters. The van der Waals surface area contributed by atoms with E-state index < -0.39 is 28.5 Å². The molecule has 0 spiro atoms. The first-order valence-corrected chi connectivity index (χ1v) is 15.2. The highest BCUT2D eigenvalue weighted by Gasteiger charge is 2.33. The van der Waals surface area contributed by atoms with E-state index in [9.17, 15) is 18.0 Å². The highest BCUT2D eigenvalue weighted by atomic mass is 32.2. The second kappa shape index (κ2) is 13.7. The fourth-order valence-corrected chi connectivity index (χ4v) is 6.10. The minimum absolute atomic E-state index is 0.0665. The highest BCUT2D eigenvalue weighted by Crippen LogP contribution is 2.33. The van der Waals surface area contributed by atoms with Crippen LogP contribution in [-0.2, 0) is 26.2 Å². The van der Waals surface area contributed by atoms with E-state index in [2.05, 4.69) is 5.32 Å². The molecular formula is C32H41N3O6S. The predicted molar refractivity (Wildman–Crippen MR) is 164 cm³/mol. The minimum Gasteiger partial charge on any atom is -0.493 e. The lowest BCUT2D eigenvalue weighted by Crippen LogP contribution is -2.52. The van der Waals surface area contributed by atoms with Gasteiger partial charge in [-0.3, -0.25) is 13.9 Å². The number of amides is 2. The van der Waals surface area contributed by atoms with Gasteiger partial charge in [0, 0.05) is 18.7 Å². The van der Waals surface area contributed by atoms with E-state index >= 15 is 0 Å². The van der Waals surface area contributed by atoms with Gasteiger partial charge in [0.1, 0.15) is 12.6 Å². The summed E-state index contributed by atoms with van der Waals surface area (Å²) in [5.41, 5.74) is 3.83. The first-order chi connectivity index (χ1) is 19.8. The molecule has 10 heteroatoms. The van der Waals surface area contributed by atoms with Gasteiger partial charge in [0.2, 0.25) is 11.8 Å². The van der Waals surface area contributed by atoms with E-state index in [1.165, 1.54) is 37.3 Å². The zero-order valence-corrected chi connectivity index (χ0v) is 26.4. The van der Waals surface area contributed by atoms with Gasteiger partial charge in [0.15, 0.2) is 11.5 Å². The van der Waals surface area contributed by atoms with E-state index in [0.717, 1.165) is 26.6 Å². The van der Waals surface area contributed by atoms with E-state index in [4.69, 9.17) is 9.47 Å². The number of benzene rings is 3. The molecule has 0 radical (unpaired) electrons. The molecule has 0 fully saturated rings. The Morgan fingerprint density at radius 3 is 2.05 bits per heavy atom. The maximum atomic E-state index is 14.2. The minimum atomic E-state index is -4.27. The molecule has 2 amide bonds. The van der Waals surface area contributed by atoms with Crippen LogP contribution in [0.25, 0.3) is 0 Å². The molecule has 0 aliphatic heterocycles. The molecule has 3 aromatic carbocycles. The van der Waals surface area contributed by atoms with E-state index in [0.29, 0.717) is 11.4 Å². The van der Waals surface area contributed by atoms with Crippen molar-refractivity contribution in [1.82, 2.24) is 10.2 Å². The maximum absolute atomic E-state index is 14.2. The second-order valence-corrected chi connectivity index (χ2v) is 12.5. The topological polar surface area (TPSA) is 105 Å². The lowest BCUT2D eigenvalue weighted by atomic mass is 10.1. The number of aryl methyl sites for hydroxylation is 3. The quantitative estimate of drug-likeness (QED) is 0.324. The van der Waals surface area contributed by atoms with Crippen LogP contribution in [0, 0.1) is 20.8 Å². The number of methoxy groups -OCH3 is 2. The number of carbonyl (C=O) groups excluding carboxylic acids is 2. The van der Waals surface area contributed by atoms with Crippen molar-refractivity contribution in [3.8, 4) is 11.5 Å². The number of anilines is 1.